The molecule has 0 amide bonds. The Balaban J connectivity index is 3.88. The van der Waals surface area contributed by atoms with Crippen LogP contribution in [0, 0.1) is 0 Å². The van der Waals surface area contributed by atoms with E-state index in [1.54, 1.807) is 36.5 Å². The van der Waals surface area contributed by atoms with Crippen molar-refractivity contribution in [3.63, 3.8) is 0 Å². The van der Waals surface area contributed by atoms with E-state index in [4.69, 9.17) is 5.11 Å². The molecular weight excluding hydrogens is 344 g/mol. The maximum absolute atomic E-state index is 10.3. The van der Waals surface area contributed by atoms with Gasteiger partial charge in [0.25, 0.3) is 0 Å². The van der Waals surface area contributed by atoms with Gasteiger partial charge in [-0.2, -0.15) is 0 Å². The third kappa shape index (κ3) is 17.5. The lowest BCUT2D eigenvalue weighted by molar-refractivity contribution is -0.131. The fraction of sp³-hybridized carbons (Fsp3) is 0.591. The molecule has 0 bridgehead atoms. The smallest absolute Gasteiger partial charge is 0.328 e. The van der Waals surface area contributed by atoms with Crippen molar-refractivity contribution >= 4 is 5.97 Å². The molecule has 0 spiro atoms. The van der Waals surface area contributed by atoms with Crippen LogP contribution in [0.5, 0.6) is 0 Å². The van der Waals surface area contributed by atoms with Crippen LogP contribution in [-0.4, -0.2) is 44.7 Å². The number of carboxylic acids is 1. The Kier molecular flexibility index (Phi) is 16.6. The van der Waals surface area contributed by atoms with Gasteiger partial charge in [0.1, 0.15) is 0 Å². The zero-order valence-corrected chi connectivity index (χ0v) is 16.4. The predicted molar refractivity (Wildman–Crippen MR) is 109 cm³/mol. The first-order valence-electron chi connectivity index (χ1n) is 9.92. The van der Waals surface area contributed by atoms with E-state index < -0.39 is 24.3 Å². The molecule has 5 heteroatoms. The number of unbranched alkanes of at least 4 members (excludes halogenated alkanes) is 5. The molecule has 27 heavy (non-hydrogen) atoms. The minimum absolute atomic E-state index is 0.353. The molecule has 154 valence electrons. The highest BCUT2D eigenvalue weighted by Gasteiger charge is 2.16. The normalized spacial score (nSPS) is 16.0. The SMILES string of the molecule is CCCCCCCCC(O)C(O)CCC(O)/C=C/C=C/C=C/C=C/C(=O)O. The Morgan fingerprint density at radius 2 is 1.30 bits per heavy atom. The van der Waals surface area contributed by atoms with E-state index in [0.29, 0.717) is 19.3 Å². The Bertz CT molecular complexity index is 479. The summed E-state index contributed by atoms with van der Waals surface area (Å²) in [5.41, 5.74) is 0. The number of hydrogen-bond donors (Lipinski definition) is 4. The van der Waals surface area contributed by atoms with Crippen molar-refractivity contribution in [3.05, 3.63) is 48.6 Å². The minimum atomic E-state index is -0.995. The van der Waals surface area contributed by atoms with Crippen molar-refractivity contribution in [1.82, 2.24) is 0 Å². The van der Waals surface area contributed by atoms with Crippen LogP contribution < -0.4 is 0 Å². The summed E-state index contributed by atoms with van der Waals surface area (Å²) in [6.45, 7) is 2.18. The number of carbonyl (C=O) groups is 1. The first-order chi connectivity index (χ1) is 13.0. The molecule has 3 atom stereocenters. The first kappa shape index (κ1) is 25.3. The van der Waals surface area contributed by atoms with Gasteiger partial charge >= 0.3 is 5.97 Å². The van der Waals surface area contributed by atoms with Crippen LogP contribution in [0.4, 0.5) is 0 Å². The van der Waals surface area contributed by atoms with Crippen molar-refractivity contribution < 1.29 is 25.2 Å². The molecule has 0 fully saturated rings. The van der Waals surface area contributed by atoms with E-state index in [1.807, 2.05) is 0 Å². The standard InChI is InChI=1S/C22H36O5/c1-2-3-4-5-9-12-15-20(24)21(25)18-17-19(23)14-11-8-6-7-10-13-16-22(26)27/h6-8,10-11,13-14,16,19-21,23-25H,2-5,9,12,15,17-18H2,1H3,(H,26,27)/b8-6+,10-7+,14-11+,16-13+. The summed E-state index contributed by atoms with van der Waals surface area (Å²) in [5, 5.41) is 38.2. The van der Waals surface area contributed by atoms with Crippen LogP contribution in [0.15, 0.2) is 48.6 Å². The predicted octanol–water partition coefficient (Wildman–Crippen LogP) is 3.91. The molecular formula is C22H36O5. The number of allylic oxidation sites excluding steroid dienone is 6. The number of rotatable bonds is 16. The fourth-order valence-electron chi connectivity index (χ4n) is 2.54. The lowest BCUT2D eigenvalue weighted by Gasteiger charge is -2.18. The summed E-state index contributed by atoms with van der Waals surface area (Å²) in [6, 6.07) is 0. The molecule has 5 nitrogen and oxygen atoms in total. The number of hydrogen-bond acceptors (Lipinski definition) is 4. The van der Waals surface area contributed by atoms with Gasteiger partial charge in [-0.25, -0.2) is 4.79 Å². The summed E-state index contributed by atoms with van der Waals surface area (Å²) in [4.78, 5) is 10.3. The van der Waals surface area contributed by atoms with E-state index in [9.17, 15) is 20.1 Å². The zero-order valence-electron chi connectivity index (χ0n) is 16.4. The van der Waals surface area contributed by atoms with Gasteiger partial charge in [0, 0.05) is 6.08 Å². The summed E-state index contributed by atoms with van der Waals surface area (Å²) in [6.07, 6.45) is 18.5. The van der Waals surface area contributed by atoms with Crippen LogP contribution >= 0.6 is 0 Å². The van der Waals surface area contributed by atoms with Gasteiger partial charge in [-0.3, -0.25) is 0 Å². The molecule has 0 saturated carbocycles. The quantitative estimate of drug-likeness (QED) is 0.185. The Labute approximate surface area is 163 Å². The van der Waals surface area contributed by atoms with E-state index in [0.717, 1.165) is 18.9 Å². The maximum atomic E-state index is 10.3. The highest BCUT2D eigenvalue weighted by molar-refractivity contribution is 5.80. The number of aliphatic carboxylic acids is 1. The number of aliphatic hydroxyl groups excluding tert-OH is 3. The molecule has 0 rings (SSSR count). The van der Waals surface area contributed by atoms with Crippen molar-refractivity contribution in [2.75, 3.05) is 0 Å². The maximum Gasteiger partial charge on any atom is 0.328 e. The van der Waals surface area contributed by atoms with Crippen molar-refractivity contribution in [2.45, 2.75) is 83.0 Å². The molecule has 0 aromatic carbocycles. The molecule has 4 N–H and O–H groups in total. The zero-order chi connectivity index (χ0) is 20.3. The summed E-state index contributed by atoms with van der Waals surface area (Å²) in [5.74, 6) is -0.995. The lowest BCUT2D eigenvalue weighted by Crippen LogP contribution is -2.26. The largest absolute Gasteiger partial charge is 0.478 e. The number of carboxylic acid groups (broad SMARTS) is 1. The van der Waals surface area contributed by atoms with Crippen molar-refractivity contribution in [3.8, 4) is 0 Å². The molecule has 0 aliphatic carbocycles. The van der Waals surface area contributed by atoms with E-state index in [-0.39, 0.29) is 0 Å². The summed E-state index contributed by atoms with van der Waals surface area (Å²) < 4.78 is 0. The highest BCUT2D eigenvalue weighted by atomic mass is 16.4. The molecule has 3 unspecified atom stereocenters. The van der Waals surface area contributed by atoms with Gasteiger partial charge in [0.05, 0.1) is 18.3 Å². The van der Waals surface area contributed by atoms with Crippen LogP contribution in [0.1, 0.15) is 64.7 Å². The van der Waals surface area contributed by atoms with Crippen molar-refractivity contribution in [1.29, 1.82) is 0 Å². The van der Waals surface area contributed by atoms with Gasteiger partial charge < -0.3 is 20.4 Å². The second-order valence-electron chi connectivity index (χ2n) is 6.69. The number of aliphatic hydroxyl groups is 3. The van der Waals surface area contributed by atoms with Crippen LogP contribution in [0.3, 0.4) is 0 Å². The second kappa shape index (κ2) is 17.7. The molecule has 0 saturated heterocycles. The third-order valence-corrected chi connectivity index (χ3v) is 4.18. The van der Waals surface area contributed by atoms with Crippen LogP contribution in [0.2, 0.25) is 0 Å². The second-order valence-corrected chi connectivity index (χ2v) is 6.69. The van der Waals surface area contributed by atoms with E-state index in [1.165, 1.54) is 31.8 Å². The molecule has 0 heterocycles. The monoisotopic (exact) mass is 380 g/mol. The van der Waals surface area contributed by atoms with E-state index in [2.05, 4.69) is 6.92 Å². The summed E-state index contributed by atoms with van der Waals surface area (Å²) >= 11 is 0. The van der Waals surface area contributed by atoms with Crippen LogP contribution in [-0.2, 0) is 4.79 Å². The van der Waals surface area contributed by atoms with Crippen molar-refractivity contribution in [2.24, 2.45) is 0 Å². The molecule has 0 aliphatic heterocycles. The Morgan fingerprint density at radius 1 is 0.741 bits per heavy atom. The van der Waals surface area contributed by atoms with Gasteiger partial charge in [-0.05, 0) is 19.3 Å². The van der Waals surface area contributed by atoms with Crippen LogP contribution in [0.25, 0.3) is 0 Å². The molecule has 0 aliphatic rings. The first-order valence-corrected chi connectivity index (χ1v) is 9.92. The highest BCUT2D eigenvalue weighted by Crippen LogP contribution is 2.14. The van der Waals surface area contributed by atoms with Gasteiger partial charge in [0.2, 0.25) is 0 Å². The Hall–Kier alpha value is -1.69. The topological polar surface area (TPSA) is 98.0 Å². The van der Waals surface area contributed by atoms with Gasteiger partial charge in [-0.15, -0.1) is 0 Å². The average Bonchev–Trinajstić information content (AvgIpc) is 2.64. The molecule has 0 radical (unpaired) electrons. The van der Waals surface area contributed by atoms with Gasteiger partial charge in [-0.1, -0.05) is 88.0 Å². The van der Waals surface area contributed by atoms with E-state index >= 15 is 0 Å². The average molecular weight is 381 g/mol. The molecule has 0 aromatic heterocycles. The third-order valence-electron chi connectivity index (χ3n) is 4.18. The van der Waals surface area contributed by atoms with Gasteiger partial charge in [0.15, 0.2) is 0 Å². The lowest BCUT2D eigenvalue weighted by atomic mass is 10.00. The Morgan fingerprint density at radius 3 is 1.96 bits per heavy atom. The minimum Gasteiger partial charge on any atom is -0.478 e. The fourth-order valence-corrected chi connectivity index (χ4v) is 2.54. The molecule has 0 aromatic rings. The summed E-state index contributed by atoms with van der Waals surface area (Å²) in [7, 11) is 0.